The van der Waals surface area contributed by atoms with Gasteiger partial charge in [-0.15, -0.1) is 0 Å². The second-order valence-electron chi connectivity index (χ2n) is 3.22. The van der Waals surface area contributed by atoms with Crippen molar-refractivity contribution in [3.63, 3.8) is 0 Å². The molecule has 0 saturated heterocycles. The summed E-state index contributed by atoms with van der Waals surface area (Å²) in [5.41, 5.74) is 0.765. The summed E-state index contributed by atoms with van der Waals surface area (Å²) in [5, 5.41) is 9.42. The quantitative estimate of drug-likeness (QED) is 0.847. The molecule has 0 aliphatic carbocycles. The van der Waals surface area contributed by atoms with E-state index in [2.05, 4.69) is 0 Å². The van der Waals surface area contributed by atoms with Gasteiger partial charge in [0.05, 0.1) is 12.2 Å². The molecule has 0 atom stereocenters. The molecule has 1 aromatic carbocycles. The topological polar surface area (TPSA) is 71.4 Å². The highest BCUT2D eigenvalue weighted by Gasteiger charge is 2.08. The van der Waals surface area contributed by atoms with E-state index in [9.17, 15) is 13.2 Å². The lowest BCUT2D eigenvalue weighted by Gasteiger charge is -1.95. The molecule has 1 rings (SSSR count). The van der Waals surface area contributed by atoms with Crippen molar-refractivity contribution in [3.05, 3.63) is 41.3 Å². The van der Waals surface area contributed by atoms with Gasteiger partial charge >= 0.3 is 5.97 Å². The molecule has 0 aliphatic rings. The number of hydrogen-bond acceptors (Lipinski definition) is 3. The molecular weight excluding hydrogens is 228 g/mol. The van der Waals surface area contributed by atoms with E-state index >= 15 is 0 Å². The lowest BCUT2D eigenvalue weighted by Crippen LogP contribution is -2.07. The molecule has 0 spiro atoms. The largest absolute Gasteiger partial charge is 0.481 e. The van der Waals surface area contributed by atoms with E-state index in [1.54, 1.807) is 24.3 Å². The molecule has 86 valence electrons. The van der Waals surface area contributed by atoms with Crippen LogP contribution in [0.4, 0.5) is 0 Å². The molecule has 0 saturated carbocycles. The number of sulfone groups is 1. The van der Waals surface area contributed by atoms with Crippen LogP contribution in [0.15, 0.2) is 35.7 Å². The Morgan fingerprint density at radius 3 is 2.44 bits per heavy atom. The third kappa shape index (κ3) is 4.75. The molecule has 0 aromatic heterocycles. The van der Waals surface area contributed by atoms with Gasteiger partial charge in [-0.1, -0.05) is 30.3 Å². The van der Waals surface area contributed by atoms with Crippen LogP contribution in [0.1, 0.15) is 12.0 Å². The van der Waals surface area contributed by atoms with Crippen molar-refractivity contribution < 1.29 is 18.3 Å². The number of aliphatic carboxylic acids is 1. The van der Waals surface area contributed by atoms with Gasteiger partial charge in [0.2, 0.25) is 0 Å². The molecule has 0 aliphatic heterocycles. The molecule has 0 fully saturated rings. The molecule has 0 amide bonds. The lowest BCUT2D eigenvalue weighted by molar-refractivity contribution is -0.136. The van der Waals surface area contributed by atoms with Crippen molar-refractivity contribution in [2.75, 3.05) is 5.75 Å². The summed E-state index contributed by atoms with van der Waals surface area (Å²) in [5.74, 6) is -1.48. The van der Waals surface area contributed by atoms with Crippen LogP contribution < -0.4 is 0 Å². The molecular formula is C11H12O4S. The number of carbonyl (C=O) groups is 1. The zero-order valence-corrected chi connectivity index (χ0v) is 9.35. The first-order valence-corrected chi connectivity index (χ1v) is 6.39. The summed E-state index contributed by atoms with van der Waals surface area (Å²) in [4.78, 5) is 10.2. The highest BCUT2D eigenvalue weighted by Crippen LogP contribution is 2.04. The molecule has 4 nitrogen and oxygen atoms in total. The molecule has 16 heavy (non-hydrogen) atoms. The first-order valence-electron chi connectivity index (χ1n) is 4.67. The maximum absolute atomic E-state index is 11.4. The highest BCUT2D eigenvalue weighted by atomic mass is 32.2. The van der Waals surface area contributed by atoms with Crippen LogP contribution in [0.25, 0.3) is 6.08 Å². The molecule has 5 heteroatoms. The minimum Gasteiger partial charge on any atom is -0.481 e. The van der Waals surface area contributed by atoms with Crippen molar-refractivity contribution in [1.29, 1.82) is 0 Å². The first-order chi connectivity index (χ1) is 7.49. The summed E-state index contributed by atoms with van der Waals surface area (Å²) in [6.07, 6.45) is 1.08. The Kier molecular flexibility index (Phi) is 4.25. The second kappa shape index (κ2) is 5.46. The van der Waals surface area contributed by atoms with Crippen LogP contribution in [-0.2, 0) is 14.6 Å². The van der Waals surface area contributed by atoms with Gasteiger partial charge in [0.25, 0.3) is 0 Å². The fraction of sp³-hybridized carbons (Fsp3) is 0.182. The van der Waals surface area contributed by atoms with Gasteiger partial charge in [-0.3, -0.25) is 4.79 Å². The SMILES string of the molecule is O=C(O)CCS(=O)(=O)C=Cc1ccccc1. The number of carboxylic acid groups (broad SMARTS) is 1. The van der Waals surface area contributed by atoms with Crippen LogP contribution in [0.2, 0.25) is 0 Å². The van der Waals surface area contributed by atoms with Gasteiger partial charge in [0.15, 0.2) is 9.84 Å². The van der Waals surface area contributed by atoms with Crippen LogP contribution in [0.3, 0.4) is 0 Å². The van der Waals surface area contributed by atoms with Gasteiger partial charge in [-0.2, -0.15) is 0 Å². The smallest absolute Gasteiger partial charge is 0.304 e. The first kappa shape index (κ1) is 12.4. The Labute approximate surface area is 94.1 Å². The van der Waals surface area contributed by atoms with Crippen molar-refractivity contribution in [2.45, 2.75) is 6.42 Å². The van der Waals surface area contributed by atoms with Crippen LogP contribution in [0, 0.1) is 0 Å². The van der Waals surface area contributed by atoms with Crippen LogP contribution in [-0.4, -0.2) is 25.2 Å². The fourth-order valence-electron chi connectivity index (χ4n) is 1.04. The fourth-order valence-corrected chi connectivity index (χ4v) is 2.00. The Morgan fingerprint density at radius 2 is 1.88 bits per heavy atom. The number of hydrogen-bond donors (Lipinski definition) is 1. The predicted octanol–water partition coefficient (Wildman–Crippen LogP) is 1.55. The zero-order chi connectivity index (χ0) is 12.0. The van der Waals surface area contributed by atoms with E-state index in [4.69, 9.17) is 5.11 Å². The summed E-state index contributed by atoms with van der Waals surface area (Å²) in [6.45, 7) is 0. The molecule has 0 heterocycles. The third-order valence-corrected chi connectivity index (χ3v) is 3.19. The van der Waals surface area contributed by atoms with E-state index in [1.807, 2.05) is 6.07 Å². The molecule has 1 aromatic rings. The van der Waals surface area contributed by atoms with E-state index < -0.39 is 15.8 Å². The monoisotopic (exact) mass is 240 g/mol. The van der Waals surface area contributed by atoms with Gasteiger partial charge < -0.3 is 5.11 Å². The molecule has 0 unspecified atom stereocenters. The standard InChI is InChI=1S/C11H12O4S/c12-11(13)7-9-16(14,15)8-6-10-4-2-1-3-5-10/h1-6,8H,7,9H2,(H,12,13). The Balaban J connectivity index is 2.66. The Bertz CT molecular complexity index is 474. The molecule has 0 bridgehead atoms. The Morgan fingerprint density at radius 1 is 1.25 bits per heavy atom. The Hall–Kier alpha value is -1.62. The van der Waals surface area contributed by atoms with E-state index in [0.717, 1.165) is 11.0 Å². The third-order valence-electron chi connectivity index (χ3n) is 1.87. The molecule has 1 N–H and O–H groups in total. The average Bonchev–Trinajstić information content (AvgIpc) is 2.26. The number of carboxylic acids is 1. The van der Waals surface area contributed by atoms with Crippen LogP contribution >= 0.6 is 0 Å². The minimum absolute atomic E-state index is 0.369. The molecule has 0 radical (unpaired) electrons. The minimum atomic E-state index is -3.44. The number of rotatable bonds is 5. The summed E-state index contributed by atoms with van der Waals surface area (Å²) in [7, 11) is -3.44. The summed E-state index contributed by atoms with van der Waals surface area (Å²) in [6, 6.07) is 8.95. The average molecular weight is 240 g/mol. The highest BCUT2D eigenvalue weighted by molar-refractivity contribution is 7.94. The van der Waals surface area contributed by atoms with Gasteiger partial charge in [0, 0.05) is 5.41 Å². The van der Waals surface area contributed by atoms with Gasteiger partial charge in [0.1, 0.15) is 0 Å². The second-order valence-corrected chi connectivity index (χ2v) is 5.23. The van der Waals surface area contributed by atoms with E-state index in [0.29, 0.717) is 0 Å². The van der Waals surface area contributed by atoms with Crippen molar-refractivity contribution in [3.8, 4) is 0 Å². The summed E-state index contributed by atoms with van der Waals surface area (Å²) < 4.78 is 22.7. The predicted molar refractivity (Wildman–Crippen MR) is 61.5 cm³/mol. The number of benzene rings is 1. The lowest BCUT2D eigenvalue weighted by atomic mass is 10.2. The van der Waals surface area contributed by atoms with Gasteiger partial charge in [-0.25, -0.2) is 8.42 Å². The summed E-state index contributed by atoms with van der Waals surface area (Å²) >= 11 is 0. The van der Waals surface area contributed by atoms with Crippen molar-refractivity contribution in [1.82, 2.24) is 0 Å². The van der Waals surface area contributed by atoms with Crippen LogP contribution in [0.5, 0.6) is 0 Å². The maximum atomic E-state index is 11.4. The van der Waals surface area contributed by atoms with Crippen molar-refractivity contribution >= 4 is 21.9 Å². The van der Waals surface area contributed by atoms with E-state index in [1.165, 1.54) is 6.08 Å². The van der Waals surface area contributed by atoms with Gasteiger partial charge in [-0.05, 0) is 11.6 Å². The normalized spacial score (nSPS) is 11.8. The van der Waals surface area contributed by atoms with E-state index in [-0.39, 0.29) is 12.2 Å². The van der Waals surface area contributed by atoms with Crippen molar-refractivity contribution in [2.24, 2.45) is 0 Å². The zero-order valence-electron chi connectivity index (χ0n) is 8.54. The maximum Gasteiger partial charge on any atom is 0.304 e.